The molecular weight excluding hydrogens is 252 g/mol. The molecule has 0 aliphatic carbocycles. The van der Waals surface area contributed by atoms with E-state index in [4.69, 9.17) is 5.11 Å². The van der Waals surface area contributed by atoms with E-state index in [9.17, 15) is 9.59 Å². The maximum atomic E-state index is 11.8. The summed E-state index contributed by atoms with van der Waals surface area (Å²) in [5.41, 5.74) is 0. The second kappa shape index (κ2) is 7.00. The van der Waals surface area contributed by atoms with Gasteiger partial charge in [-0.2, -0.15) is 0 Å². The molecule has 0 aliphatic rings. The zero-order valence-corrected chi connectivity index (χ0v) is 11.4. The number of aliphatic carboxylic acids is 1. The van der Waals surface area contributed by atoms with Crippen molar-refractivity contribution in [3.63, 3.8) is 0 Å². The van der Waals surface area contributed by atoms with Crippen molar-refractivity contribution < 1.29 is 14.7 Å². The number of nitrogens with zero attached hydrogens (tertiary/aromatic N) is 1. The number of carbonyl (C=O) groups excluding carboxylic acids is 1. The SMILES string of the molecule is CC(c1cccs1)N(C)C(=O)NCCCC(=O)O. The molecule has 2 amide bonds. The molecule has 18 heavy (non-hydrogen) atoms. The van der Waals surface area contributed by atoms with Gasteiger partial charge in [-0.25, -0.2) is 4.79 Å². The quantitative estimate of drug-likeness (QED) is 0.779. The third-order valence-corrected chi connectivity index (χ3v) is 3.74. The Morgan fingerprint density at radius 1 is 1.56 bits per heavy atom. The molecule has 6 heteroatoms. The van der Waals surface area contributed by atoms with E-state index >= 15 is 0 Å². The lowest BCUT2D eigenvalue weighted by atomic mass is 10.2. The Bertz CT molecular complexity index is 392. The largest absolute Gasteiger partial charge is 0.481 e. The Labute approximate surface area is 110 Å². The first-order valence-electron chi connectivity index (χ1n) is 5.78. The summed E-state index contributed by atoms with van der Waals surface area (Å²) in [6, 6.07) is 3.78. The third-order valence-electron chi connectivity index (χ3n) is 2.70. The van der Waals surface area contributed by atoms with Crippen LogP contribution in [0.15, 0.2) is 17.5 Å². The van der Waals surface area contributed by atoms with Crippen LogP contribution >= 0.6 is 11.3 Å². The first kappa shape index (κ1) is 14.5. The summed E-state index contributed by atoms with van der Waals surface area (Å²) in [4.78, 5) is 24.9. The van der Waals surface area contributed by atoms with E-state index in [0.29, 0.717) is 13.0 Å². The number of carbonyl (C=O) groups is 2. The topological polar surface area (TPSA) is 69.6 Å². The first-order chi connectivity index (χ1) is 8.52. The summed E-state index contributed by atoms with van der Waals surface area (Å²) in [5, 5.41) is 13.2. The smallest absolute Gasteiger partial charge is 0.317 e. The average molecular weight is 270 g/mol. The van der Waals surface area contributed by atoms with Crippen molar-refractivity contribution in [1.29, 1.82) is 0 Å². The minimum absolute atomic E-state index is 0.0180. The number of amides is 2. The van der Waals surface area contributed by atoms with Crippen LogP contribution in [0.25, 0.3) is 0 Å². The van der Waals surface area contributed by atoms with Crippen LogP contribution in [0.5, 0.6) is 0 Å². The summed E-state index contributed by atoms with van der Waals surface area (Å²) in [6.45, 7) is 2.34. The van der Waals surface area contributed by atoms with Gasteiger partial charge in [0.25, 0.3) is 0 Å². The van der Waals surface area contributed by atoms with Crippen LogP contribution in [0.2, 0.25) is 0 Å². The number of rotatable bonds is 6. The highest BCUT2D eigenvalue weighted by Crippen LogP contribution is 2.23. The van der Waals surface area contributed by atoms with Crippen LogP contribution in [0, 0.1) is 0 Å². The molecular formula is C12H18N2O3S. The summed E-state index contributed by atoms with van der Waals surface area (Å²) < 4.78 is 0. The lowest BCUT2D eigenvalue weighted by Gasteiger charge is -2.24. The predicted octanol–water partition coefficient (Wildman–Crippen LogP) is 2.32. The molecule has 0 saturated heterocycles. The zero-order chi connectivity index (χ0) is 13.5. The van der Waals surface area contributed by atoms with E-state index in [1.165, 1.54) is 0 Å². The van der Waals surface area contributed by atoms with E-state index in [0.717, 1.165) is 4.88 Å². The molecule has 0 saturated carbocycles. The van der Waals surface area contributed by atoms with E-state index in [-0.39, 0.29) is 18.5 Å². The fourth-order valence-electron chi connectivity index (χ4n) is 1.46. The highest BCUT2D eigenvalue weighted by atomic mass is 32.1. The van der Waals surface area contributed by atoms with Gasteiger partial charge in [-0.3, -0.25) is 4.79 Å². The van der Waals surface area contributed by atoms with Gasteiger partial charge in [0.1, 0.15) is 0 Å². The fourth-order valence-corrected chi connectivity index (χ4v) is 2.28. The maximum Gasteiger partial charge on any atom is 0.317 e. The standard InChI is InChI=1S/C12H18N2O3S/c1-9(10-5-4-8-18-10)14(2)12(17)13-7-3-6-11(15)16/h4-5,8-9H,3,6-7H2,1-2H3,(H,13,17)(H,15,16). The molecule has 1 aromatic heterocycles. The Hall–Kier alpha value is -1.56. The van der Waals surface area contributed by atoms with Crippen molar-refractivity contribution in [3.8, 4) is 0 Å². The number of carboxylic acids is 1. The van der Waals surface area contributed by atoms with Crippen LogP contribution in [-0.4, -0.2) is 35.6 Å². The Balaban J connectivity index is 2.35. The van der Waals surface area contributed by atoms with Crippen molar-refractivity contribution in [2.45, 2.75) is 25.8 Å². The molecule has 1 rings (SSSR count). The highest BCUT2D eigenvalue weighted by Gasteiger charge is 2.17. The monoisotopic (exact) mass is 270 g/mol. The van der Waals surface area contributed by atoms with E-state index in [2.05, 4.69) is 5.32 Å². The molecule has 1 aromatic rings. The first-order valence-corrected chi connectivity index (χ1v) is 6.66. The van der Waals surface area contributed by atoms with Crippen LogP contribution in [-0.2, 0) is 4.79 Å². The van der Waals surface area contributed by atoms with E-state index in [1.807, 2.05) is 24.4 Å². The molecule has 100 valence electrons. The fraction of sp³-hybridized carbons (Fsp3) is 0.500. The molecule has 2 N–H and O–H groups in total. The predicted molar refractivity (Wildman–Crippen MR) is 70.8 cm³/mol. The van der Waals surface area contributed by atoms with Crippen molar-refractivity contribution in [2.75, 3.05) is 13.6 Å². The third kappa shape index (κ3) is 4.37. The van der Waals surface area contributed by atoms with Gasteiger partial charge in [0.2, 0.25) is 0 Å². The molecule has 0 spiro atoms. The van der Waals surface area contributed by atoms with Gasteiger partial charge in [-0.05, 0) is 24.8 Å². The number of thiophene rings is 1. The highest BCUT2D eigenvalue weighted by molar-refractivity contribution is 7.10. The van der Waals surface area contributed by atoms with E-state index < -0.39 is 5.97 Å². The molecule has 1 unspecified atom stereocenters. The number of carboxylic acid groups (broad SMARTS) is 1. The van der Waals surface area contributed by atoms with Crippen molar-refractivity contribution >= 4 is 23.3 Å². The van der Waals surface area contributed by atoms with Crippen LogP contribution in [0.1, 0.15) is 30.7 Å². The number of hydrogen-bond acceptors (Lipinski definition) is 3. The lowest BCUT2D eigenvalue weighted by Crippen LogP contribution is -2.39. The second-order valence-corrected chi connectivity index (χ2v) is 5.01. The number of urea groups is 1. The Morgan fingerprint density at radius 3 is 2.83 bits per heavy atom. The number of nitrogens with one attached hydrogen (secondary N) is 1. The van der Waals surface area contributed by atoms with E-state index in [1.54, 1.807) is 23.3 Å². The number of hydrogen-bond donors (Lipinski definition) is 2. The normalized spacial score (nSPS) is 11.9. The maximum absolute atomic E-state index is 11.8. The summed E-state index contributed by atoms with van der Waals surface area (Å²) in [5.74, 6) is -0.843. The van der Waals surface area contributed by atoms with Gasteiger partial charge < -0.3 is 15.3 Å². The van der Waals surface area contributed by atoms with Crippen LogP contribution in [0.4, 0.5) is 4.79 Å². The van der Waals surface area contributed by atoms with Crippen LogP contribution in [0.3, 0.4) is 0 Å². The van der Waals surface area contributed by atoms with Crippen LogP contribution < -0.4 is 5.32 Å². The summed E-state index contributed by atoms with van der Waals surface area (Å²) >= 11 is 1.61. The molecule has 1 heterocycles. The van der Waals surface area contributed by atoms with Crippen molar-refractivity contribution in [2.24, 2.45) is 0 Å². The van der Waals surface area contributed by atoms with Gasteiger partial charge in [0.05, 0.1) is 6.04 Å². The van der Waals surface area contributed by atoms with Gasteiger partial charge in [-0.15, -0.1) is 11.3 Å². The van der Waals surface area contributed by atoms with Gasteiger partial charge in [0, 0.05) is 24.9 Å². The second-order valence-electron chi connectivity index (χ2n) is 4.03. The molecule has 1 atom stereocenters. The van der Waals surface area contributed by atoms with Gasteiger partial charge >= 0.3 is 12.0 Å². The average Bonchev–Trinajstić information content (AvgIpc) is 2.86. The summed E-state index contributed by atoms with van der Waals surface area (Å²) in [7, 11) is 1.73. The summed E-state index contributed by atoms with van der Waals surface area (Å²) in [6.07, 6.45) is 0.521. The molecule has 0 radical (unpaired) electrons. The molecule has 0 aliphatic heterocycles. The lowest BCUT2D eigenvalue weighted by molar-refractivity contribution is -0.137. The molecule has 0 aromatic carbocycles. The Morgan fingerprint density at radius 2 is 2.28 bits per heavy atom. The molecule has 5 nitrogen and oxygen atoms in total. The van der Waals surface area contributed by atoms with Gasteiger partial charge in [-0.1, -0.05) is 6.07 Å². The minimum atomic E-state index is -0.843. The molecule has 0 fully saturated rings. The Kier molecular flexibility index (Phi) is 5.64. The molecule has 0 bridgehead atoms. The zero-order valence-electron chi connectivity index (χ0n) is 10.5. The van der Waals surface area contributed by atoms with Crippen molar-refractivity contribution in [3.05, 3.63) is 22.4 Å². The van der Waals surface area contributed by atoms with Crippen molar-refractivity contribution in [1.82, 2.24) is 10.2 Å². The minimum Gasteiger partial charge on any atom is -0.481 e. The van der Waals surface area contributed by atoms with Gasteiger partial charge in [0.15, 0.2) is 0 Å².